The lowest BCUT2D eigenvalue weighted by Crippen LogP contribution is -3.16. The van der Waals surface area contributed by atoms with Gasteiger partial charge >= 0.3 is 0 Å². The molecule has 0 radical (unpaired) electrons. The van der Waals surface area contributed by atoms with E-state index in [0.717, 1.165) is 18.6 Å². The van der Waals surface area contributed by atoms with Crippen molar-refractivity contribution < 1.29 is 23.2 Å². The number of quaternary nitrogens is 1. The first-order chi connectivity index (χ1) is 12.4. The van der Waals surface area contributed by atoms with Crippen molar-refractivity contribution in [3.63, 3.8) is 0 Å². The van der Waals surface area contributed by atoms with Gasteiger partial charge in [0.15, 0.2) is 0 Å². The highest BCUT2D eigenvalue weighted by Crippen LogP contribution is 2.26. The number of nitrogens with one attached hydrogen (secondary N) is 1. The number of aliphatic hydroxyl groups excluding tert-OH is 1. The first-order valence-electron chi connectivity index (χ1n) is 9.30. The number of piperazine rings is 1. The molecule has 1 aliphatic heterocycles. The lowest BCUT2D eigenvalue weighted by molar-refractivity contribution is -0.906. The van der Waals surface area contributed by atoms with Gasteiger partial charge in [0.1, 0.15) is 25.0 Å². The van der Waals surface area contributed by atoms with Crippen molar-refractivity contribution in [2.75, 3.05) is 53.4 Å². The number of ether oxygens (including phenoxy) is 1. The largest absolute Gasteiger partial charge is 0.491 e. The van der Waals surface area contributed by atoms with Gasteiger partial charge in [-0.2, -0.15) is 17.0 Å². The molecule has 26 heavy (non-hydrogen) atoms. The predicted molar refractivity (Wildman–Crippen MR) is 99.7 cm³/mol. The third-order valence-corrected chi connectivity index (χ3v) is 7.19. The maximum atomic E-state index is 12.1. The summed E-state index contributed by atoms with van der Waals surface area (Å²) in [6.07, 6.45) is 2.91. The topological polar surface area (TPSA) is 74.5 Å². The average Bonchev–Trinajstić information content (AvgIpc) is 3.08. The summed E-state index contributed by atoms with van der Waals surface area (Å²) < 4.78 is 32.8. The average molecular weight is 385 g/mol. The molecule has 1 aromatic rings. The van der Waals surface area contributed by atoms with E-state index in [-0.39, 0.29) is 6.61 Å². The van der Waals surface area contributed by atoms with Crippen LogP contribution in [0.1, 0.15) is 17.5 Å². The maximum absolute atomic E-state index is 12.1. The van der Waals surface area contributed by atoms with Gasteiger partial charge in [0.25, 0.3) is 10.2 Å². The van der Waals surface area contributed by atoms with E-state index in [9.17, 15) is 13.5 Å². The van der Waals surface area contributed by atoms with E-state index in [2.05, 4.69) is 12.1 Å². The number of aliphatic hydroxyl groups is 1. The van der Waals surface area contributed by atoms with E-state index in [4.69, 9.17) is 4.74 Å². The molecule has 1 fully saturated rings. The molecule has 2 aliphatic rings. The number of hydrogen-bond donors (Lipinski definition) is 2. The zero-order chi connectivity index (χ0) is 18.7. The molecule has 0 unspecified atom stereocenters. The lowest BCUT2D eigenvalue weighted by atomic mass is 10.1. The third kappa shape index (κ3) is 4.55. The first-order valence-corrected chi connectivity index (χ1v) is 10.7. The molecular formula is C18H30N3O4S+. The van der Waals surface area contributed by atoms with Crippen LogP contribution in [0.25, 0.3) is 0 Å². The molecule has 1 heterocycles. The Hall–Kier alpha value is -1.19. The van der Waals surface area contributed by atoms with Crippen LogP contribution in [-0.2, 0) is 23.1 Å². The second kappa shape index (κ2) is 8.22. The lowest BCUT2D eigenvalue weighted by Gasteiger charge is -2.33. The van der Waals surface area contributed by atoms with E-state index >= 15 is 0 Å². The fourth-order valence-electron chi connectivity index (χ4n) is 3.69. The molecule has 3 rings (SSSR count). The van der Waals surface area contributed by atoms with E-state index in [1.807, 2.05) is 6.07 Å². The Morgan fingerprint density at radius 2 is 1.92 bits per heavy atom. The van der Waals surface area contributed by atoms with Crippen LogP contribution in [0.2, 0.25) is 0 Å². The number of benzene rings is 1. The van der Waals surface area contributed by atoms with Crippen LogP contribution in [0.3, 0.4) is 0 Å². The zero-order valence-electron chi connectivity index (χ0n) is 15.6. The minimum atomic E-state index is -3.34. The molecule has 2 N–H and O–H groups in total. The molecule has 1 saturated heterocycles. The van der Waals surface area contributed by atoms with Crippen molar-refractivity contribution in [3.05, 3.63) is 29.3 Å². The van der Waals surface area contributed by atoms with Crippen molar-refractivity contribution >= 4 is 10.2 Å². The van der Waals surface area contributed by atoms with Gasteiger partial charge in [-0.3, -0.25) is 0 Å². The Labute approximate surface area is 156 Å². The molecule has 146 valence electrons. The Bertz CT molecular complexity index is 715. The van der Waals surface area contributed by atoms with Crippen LogP contribution in [0.5, 0.6) is 5.75 Å². The van der Waals surface area contributed by atoms with Crippen molar-refractivity contribution in [1.29, 1.82) is 0 Å². The first kappa shape index (κ1) is 19.6. The predicted octanol–water partition coefficient (Wildman–Crippen LogP) is -1.08. The van der Waals surface area contributed by atoms with Crippen molar-refractivity contribution in [3.8, 4) is 5.75 Å². The second-order valence-electron chi connectivity index (χ2n) is 7.39. The number of hydrogen-bond acceptors (Lipinski definition) is 4. The van der Waals surface area contributed by atoms with Crippen molar-refractivity contribution in [2.45, 2.75) is 25.4 Å². The van der Waals surface area contributed by atoms with Gasteiger partial charge in [0.2, 0.25) is 0 Å². The Kier molecular flexibility index (Phi) is 6.19. The molecule has 0 spiro atoms. The van der Waals surface area contributed by atoms with Crippen LogP contribution < -0.4 is 9.64 Å². The van der Waals surface area contributed by atoms with Crippen molar-refractivity contribution in [1.82, 2.24) is 8.61 Å². The SMILES string of the molecule is CN(C)S(=O)(=O)N1CC[NH+](C[C@H](O)COc2ccc3c(c2)CCC3)CC1. The number of fused-ring (bicyclic) bond motifs is 1. The number of aryl methyl sites for hydroxylation is 2. The maximum Gasteiger partial charge on any atom is 0.281 e. The summed E-state index contributed by atoms with van der Waals surface area (Å²) in [5.74, 6) is 0.821. The van der Waals surface area contributed by atoms with Crippen LogP contribution in [0, 0.1) is 0 Å². The van der Waals surface area contributed by atoms with Gasteiger partial charge in [0.05, 0.1) is 26.2 Å². The number of rotatable bonds is 7. The van der Waals surface area contributed by atoms with Gasteiger partial charge in [-0.1, -0.05) is 6.07 Å². The van der Waals surface area contributed by atoms with Crippen LogP contribution in [0.15, 0.2) is 18.2 Å². The Morgan fingerprint density at radius 1 is 1.23 bits per heavy atom. The number of nitrogens with zero attached hydrogens (tertiary/aromatic N) is 2. The summed E-state index contributed by atoms with van der Waals surface area (Å²) in [7, 11) is -0.237. The fourth-order valence-corrected chi connectivity index (χ4v) is 4.80. The van der Waals surface area contributed by atoms with Crippen molar-refractivity contribution in [2.24, 2.45) is 0 Å². The standard InChI is InChI=1S/C18H29N3O4S/c1-19(2)26(23,24)21-10-8-20(9-11-21)13-17(22)14-25-18-7-6-15-4-3-5-16(15)12-18/h6-7,12,17,22H,3-5,8-11,13-14H2,1-2H3/p+1/t17-/m0/s1. The monoisotopic (exact) mass is 384 g/mol. The summed E-state index contributed by atoms with van der Waals surface area (Å²) in [6.45, 7) is 3.19. The minimum Gasteiger partial charge on any atom is -0.491 e. The molecule has 0 saturated carbocycles. The smallest absolute Gasteiger partial charge is 0.281 e. The van der Waals surface area contributed by atoms with Gasteiger partial charge < -0.3 is 14.7 Å². The Balaban J connectivity index is 1.42. The molecule has 1 aliphatic carbocycles. The van der Waals surface area contributed by atoms with Gasteiger partial charge in [-0.05, 0) is 42.5 Å². The quantitative estimate of drug-likeness (QED) is 0.627. The zero-order valence-corrected chi connectivity index (χ0v) is 16.5. The van der Waals surface area contributed by atoms with Gasteiger partial charge in [0, 0.05) is 14.1 Å². The highest BCUT2D eigenvalue weighted by atomic mass is 32.2. The summed E-state index contributed by atoms with van der Waals surface area (Å²) >= 11 is 0. The molecule has 0 amide bonds. The molecular weight excluding hydrogens is 354 g/mol. The Morgan fingerprint density at radius 3 is 2.62 bits per heavy atom. The highest BCUT2D eigenvalue weighted by molar-refractivity contribution is 7.86. The minimum absolute atomic E-state index is 0.266. The molecule has 7 nitrogen and oxygen atoms in total. The molecule has 0 bridgehead atoms. The summed E-state index contributed by atoms with van der Waals surface area (Å²) in [5, 5.41) is 10.3. The molecule has 1 aromatic carbocycles. The van der Waals surface area contributed by atoms with Gasteiger partial charge in [-0.25, -0.2) is 0 Å². The second-order valence-corrected chi connectivity index (χ2v) is 9.53. The van der Waals surface area contributed by atoms with Crippen LogP contribution in [-0.4, -0.2) is 81.7 Å². The van der Waals surface area contributed by atoms with Crippen LogP contribution >= 0.6 is 0 Å². The van der Waals surface area contributed by atoms with E-state index in [1.165, 1.54) is 31.1 Å². The van der Waals surface area contributed by atoms with E-state index in [0.29, 0.717) is 32.7 Å². The summed E-state index contributed by atoms with van der Waals surface area (Å²) in [5.41, 5.74) is 2.77. The fraction of sp³-hybridized carbons (Fsp3) is 0.667. The van der Waals surface area contributed by atoms with E-state index < -0.39 is 16.3 Å². The van der Waals surface area contributed by atoms with Crippen LogP contribution in [0.4, 0.5) is 0 Å². The third-order valence-electron chi connectivity index (χ3n) is 5.25. The molecule has 0 aromatic heterocycles. The molecule has 1 atom stereocenters. The normalized spacial score (nSPS) is 20.3. The van der Waals surface area contributed by atoms with Gasteiger partial charge in [-0.15, -0.1) is 0 Å². The summed E-state index contributed by atoms with van der Waals surface area (Å²) in [6, 6.07) is 6.20. The van der Waals surface area contributed by atoms with E-state index in [1.54, 1.807) is 14.1 Å². The highest BCUT2D eigenvalue weighted by Gasteiger charge is 2.31. The summed E-state index contributed by atoms with van der Waals surface area (Å²) in [4.78, 5) is 1.21. The molecule has 8 heteroatoms.